The third-order valence-corrected chi connectivity index (χ3v) is 4.85. The normalized spacial score (nSPS) is 16.3. The average molecular weight is 379 g/mol. The Kier molecular flexibility index (Phi) is 4.48. The van der Waals surface area contributed by atoms with Gasteiger partial charge in [-0.25, -0.2) is 4.79 Å². The molecule has 0 unspecified atom stereocenters. The van der Waals surface area contributed by atoms with E-state index in [-0.39, 0.29) is 11.4 Å². The van der Waals surface area contributed by atoms with Gasteiger partial charge in [0.2, 0.25) is 5.69 Å². The standard InChI is InChI=1S/C19H17N5O4/c25-19(26)17-18(22-11-10-14(12-22)13-4-2-1-3-5-13)21-23(20-17)15-6-8-16(9-7-15)24(27)28/h1-9,14H,10-12H2,(H,25,26)/t14-/m0/s1. The molecule has 3 aromatic rings. The molecule has 9 nitrogen and oxygen atoms in total. The topological polar surface area (TPSA) is 114 Å². The summed E-state index contributed by atoms with van der Waals surface area (Å²) in [5.74, 6) is -0.553. The van der Waals surface area contributed by atoms with Gasteiger partial charge in [-0.1, -0.05) is 30.3 Å². The summed E-state index contributed by atoms with van der Waals surface area (Å²) >= 11 is 0. The molecule has 2 aromatic carbocycles. The molecule has 1 fully saturated rings. The summed E-state index contributed by atoms with van der Waals surface area (Å²) < 4.78 is 0. The fraction of sp³-hybridized carbons (Fsp3) is 0.211. The Morgan fingerprint density at radius 3 is 2.46 bits per heavy atom. The molecule has 1 N–H and O–H groups in total. The number of nitro groups is 1. The summed E-state index contributed by atoms with van der Waals surface area (Å²) in [5, 5.41) is 28.8. The van der Waals surface area contributed by atoms with Crippen LogP contribution < -0.4 is 4.90 Å². The van der Waals surface area contributed by atoms with E-state index in [9.17, 15) is 20.0 Å². The molecule has 1 aliphatic heterocycles. The fourth-order valence-electron chi connectivity index (χ4n) is 3.42. The second kappa shape index (κ2) is 7.10. The number of carboxylic acid groups (broad SMARTS) is 1. The number of anilines is 1. The number of aromatic carboxylic acids is 1. The molecular formula is C19H17N5O4. The number of hydrogen-bond donors (Lipinski definition) is 1. The van der Waals surface area contributed by atoms with Gasteiger partial charge in [-0.05, 0) is 24.1 Å². The molecule has 0 saturated carbocycles. The monoisotopic (exact) mass is 379 g/mol. The molecule has 0 amide bonds. The Morgan fingerprint density at radius 2 is 1.82 bits per heavy atom. The smallest absolute Gasteiger partial charge is 0.360 e. The first-order valence-electron chi connectivity index (χ1n) is 8.78. The van der Waals surface area contributed by atoms with Crippen LogP contribution >= 0.6 is 0 Å². The van der Waals surface area contributed by atoms with Gasteiger partial charge < -0.3 is 10.0 Å². The quantitative estimate of drug-likeness (QED) is 0.535. The molecule has 142 valence electrons. The van der Waals surface area contributed by atoms with E-state index in [1.165, 1.54) is 34.6 Å². The number of aromatic nitrogens is 3. The number of carbonyl (C=O) groups is 1. The Morgan fingerprint density at radius 1 is 1.11 bits per heavy atom. The molecule has 0 bridgehead atoms. The number of rotatable bonds is 5. The molecule has 0 aliphatic carbocycles. The van der Waals surface area contributed by atoms with Crippen molar-refractivity contribution in [2.75, 3.05) is 18.0 Å². The molecule has 1 saturated heterocycles. The van der Waals surface area contributed by atoms with Crippen molar-refractivity contribution < 1.29 is 14.8 Å². The number of benzene rings is 2. The molecule has 9 heteroatoms. The summed E-state index contributed by atoms with van der Waals surface area (Å²) in [6.45, 7) is 1.34. The van der Waals surface area contributed by atoms with Crippen LogP contribution in [-0.4, -0.2) is 44.1 Å². The van der Waals surface area contributed by atoms with Gasteiger partial charge in [-0.3, -0.25) is 10.1 Å². The third kappa shape index (κ3) is 3.29. The predicted molar refractivity (Wildman–Crippen MR) is 101 cm³/mol. The van der Waals surface area contributed by atoms with E-state index in [1.54, 1.807) is 0 Å². The van der Waals surface area contributed by atoms with Crippen LogP contribution in [0.4, 0.5) is 11.5 Å². The number of nitro benzene ring substituents is 1. The summed E-state index contributed by atoms with van der Waals surface area (Å²) in [7, 11) is 0. The van der Waals surface area contributed by atoms with Crippen LogP contribution in [0, 0.1) is 10.1 Å². The second-order valence-corrected chi connectivity index (χ2v) is 6.58. The molecule has 1 aliphatic rings. The van der Waals surface area contributed by atoms with E-state index in [0.29, 0.717) is 30.5 Å². The van der Waals surface area contributed by atoms with Crippen LogP contribution in [0.25, 0.3) is 5.69 Å². The predicted octanol–water partition coefficient (Wildman–Crippen LogP) is 2.87. The minimum absolute atomic E-state index is 0.0557. The lowest BCUT2D eigenvalue weighted by Gasteiger charge is -2.16. The van der Waals surface area contributed by atoms with Gasteiger partial charge in [0.15, 0.2) is 5.82 Å². The molecule has 4 rings (SSSR count). The lowest BCUT2D eigenvalue weighted by Crippen LogP contribution is -2.22. The fourth-order valence-corrected chi connectivity index (χ4v) is 3.42. The lowest BCUT2D eigenvalue weighted by molar-refractivity contribution is -0.384. The lowest BCUT2D eigenvalue weighted by atomic mass is 9.99. The van der Waals surface area contributed by atoms with Gasteiger partial charge in [0.25, 0.3) is 5.69 Å². The minimum atomic E-state index is -1.16. The minimum Gasteiger partial charge on any atom is -0.476 e. The maximum Gasteiger partial charge on any atom is 0.360 e. The molecule has 0 spiro atoms. The SMILES string of the molecule is O=C(O)c1nn(-c2ccc([N+](=O)[O-])cc2)nc1N1CC[C@H](c2ccccc2)C1. The highest BCUT2D eigenvalue weighted by molar-refractivity contribution is 5.91. The van der Waals surface area contributed by atoms with Crippen molar-refractivity contribution in [2.24, 2.45) is 0 Å². The Balaban J connectivity index is 1.62. The van der Waals surface area contributed by atoms with Crippen molar-refractivity contribution in [2.45, 2.75) is 12.3 Å². The molecular weight excluding hydrogens is 362 g/mol. The van der Waals surface area contributed by atoms with Gasteiger partial charge >= 0.3 is 5.97 Å². The van der Waals surface area contributed by atoms with Crippen molar-refractivity contribution in [3.05, 3.63) is 76.0 Å². The van der Waals surface area contributed by atoms with Crippen LogP contribution in [0.2, 0.25) is 0 Å². The first-order valence-corrected chi connectivity index (χ1v) is 8.78. The zero-order chi connectivity index (χ0) is 19.7. The van der Waals surface area contributed by atoms with Crippen LogP contribution in [0.3, 0.4) is 0 Å². The molecule has 0 radical (unpaired) electrons. The van der Waals surface area contributed by atoms with Crippen LogP contribution in [0.5, 0.6) is 0 Å². The summed E-state index contributed by atoms with van der Waals surface area (Å²) in [4.78, 5) is 25.1. The van der Waals surface area contributed by atoms with Crippen molar-refractivity contribution >= 4 is 17.5 Å². The van der Waals surface area contributed by atoms with Crippen LogP contribution in [0.15, 0.2) is 54.6 Å². The summed E-state index contributed by atoms with van der Waals surface area (Å²) in [5.41, 5.74) is 1.48. The van der Waals surface area contributed by atoms with E-state index >= 15 is 0 Å². The molecule has 28 heavy (non-hydrogen) atoms. The maximum atomic E-state index is 11.7. The number of non-ortho nitro benzene ring substituents is 1. The highest BCUT2D eigenvalue weighted by atomic mass is 16.6. The highest BCUT2D eigenvalue weighted by Crippen LogP contribution is 2.31. The number of carboxylic acids is 1. The van der Waals surface area contributed by atoms with Crippen molar-refractivity contribution in [1.82, 2.24) is 15.0 Å². The molecule has 2 heterocycles. The van der Waals surface area contributed by atoms with E-state index in [2.05, 4.69) is 22.3 Å². The molecule has 1 atom stereocenters. The number of hydrogen-bond acceptors (Lipinski definition) is 6. The zero-order valence-corrected chi connectivity index (χ0v) is 14.8. The van der Waals surface area contributed by atoms with Crippen molar-refractivity contribution in [3.63, 3.8) is 0 Å². The second-order valence-electron chi connectivity index (χ2n) is 6.58. The highest BCUT2D eigenvalue weighted by Gasteiger charge is 2.30. The van der Waals surface area contributed by atoms with Crippen LogP contribution in [0.1, 0.15) is 28.4 Å². The zero-order valence-electron chi connectivity index (χ0n) is 14.8. The average Bonchev–Trinajstić information content (AvgIpc) is 3.36. The van der Waals surface area contributed by atoms with E-state index in [1.807, 2.05) is 23.1 Å². The summed E-state index contributed by atoms with van der Waals surface area (Å²) in [6, 6.07) is 15.7. The Hall–Kier alpha value is -3.75. The largest absolute Gasteiger partial charge is 0.476 e. The Bertz CT molecular complexity index is 1020. The first-order chi connectivity index (χ1) is 13.5. The van der Waals surface area contributed by atoms with Gasteiger partial charge in [0.05, 0.1) is 10.6 Å². The van der Waals surface area contributed by atoms with E-state index < -0.39 is 10.9 Å². The molecule has 1 aromatic heterocycles. The van der Waals surface area contributed by atoms with Crippen molar-refractivity contribution in [3.8, 4) is 5.69 Å². The maximum absolute atomic E-state index is 11.7. The Labute approximate surface area is 160 Å². The van der Waals surface area contributed by atoms with Crippen molar-refractivity contribution in [1.29, 1.82) is 0 Å². The summed E-state index contributed by atoms with van der Waals surface area (Å²) in [6.07, 6.45) is 0.896. The van der Waals surface area contributed by atoms with E-state index in [0.717, 1.165) is 6.42 Å². The van der Waals surface area contributed by atoms with Gasteiger partial charge in [-0.15, -0.1) is 15.0 Å². The van der Waals surface area contributed by atoms with E-state index in [4.69, 9.17) is 0 Å². The van der Waals surface area contributed by atoms with Gasteiger partial charge in [-0.2, -0.15) is 0 Å². The van der Waals surface area contributed by atoms with Crippen LogP contribution in [-0.2, 0) is 0 Å². The number of nitrogens with zero attached hydrogens (tertiary/aromatic N) is 5. The van der Waals surface area contributed by atoms with Gasteiger partial charge in [0, 0.05) is 31.1 Å². The first kappa shape index (κ1) is 17.7. The van der Waals surface area contributed by atoms with Gasteiger partial charge in [0.1, 0.15) is 0 Å². The third-order valence-electron chi connectivity index (χ3n) is 4.85.